The van der Waals surface area contributed by atoms with E-state index >= 15 is 0 Å². The van der Waals surface area contributed by atoms with E-state index in [9.17, 15) is 9.18 Å². The summed E-state index contributed by atoms with van der Waals surface area (Å²) in [6.45, 7) is 0.357. The molecule has 0 aliphatic carbocycles. The number of pyridine rings is 1. The number of aromatic nitrogens is 3. The first kappa shape index (κ1) is 18.6. The lowest BCUT2D eigenvalue weighted by Gasteiger charge is -2.12. The Labute approximate surface area is 167 Å². The lowest BCUT2D eigenvalue weighted by Crippen LogP contribution is -2.23. The fourth-order valence-corrected chi connectivity index (χ4v) is 3.31. The van der Waals surface area contributed by atoms with E-state index in [1.165, 1.54) is 19.2 Å². The van der Waals surface area contributed by atoms with E-state index in [4.69, 9.17) is 4.74 Å². The number of nitrogens with zero attached hydrogens (tertiary/aromatic N) is 3. The summed E-state index contributed by atoms with van der Waals surface area (Å²) in [4.78, 5) is 21.5. The van der Waals surface area contributed by atoms with Gasteiger partial charge in [-0.3, -0.25) is 9.78 Å². The number of rotatable bonds is 5. The number of carbonyl (C=O) groups is 1. The van der Waals surface area contributed by atoms with Gasteiger partial charge in [0.25, 0.3) is 5.91 Å². The first-order chi connectivity index (χ1) is 14.1. The number of fused-ring (bicyclic) bond motifs is 1. The van der Waals surface area contributed by atoms with Gasteiger partial charge in [-0.15, -0.1) is 0 Å². The summed E-state index contributed by atoms with van der Waals surface area (Å²) in [7, 11) is 3.32. The third-order valence-electron chi connectivity index (χ3n) is 4.71. The Balaban J connectivity index is 1.77. The lowest BCUT2D eigenvalue weighted by atomic mass is 10.00. The average molecular weight is 390 g/mol. The van der Waals surface area contributed by atoms with E-state index in [0.717, 1.165) is 16.6 Å². The minimum Gasteiger partial charge on any atom is -0.496 e. The zero-order valence-corrected chi connectivity index (χ0v) is 16.0. The van der Waals surface area contributed by atoms with Crippen LogP contribution in [0.25, 0.3) is 22.2 Å². The van der Waals surface area contributed by atoms with Crippen molar-refractivity contribution in [3.8, 4) is 16.9 Å². The Morgan fingerprint density at radius 1 is 1.24 bits per heavy atom. The summed E-state index contributed by atoms with van der Waals surface area (Å²) in [6, 6.07) is 11.7. The maximum absolute atomic E-state index is 13.6. The lowest BCUT2D eigenvalue weighted by molar-refractivity contribution is 0.0952. The number of amides is 1. The molecule has 0 atom stereocenters. The second kappa shape index (κ2) is 7.71. The van der Waals surface area contributed by atoms with Gasteiger partial charge in [0, 0.05) is 37.6 Å². The zero-order valence-electron chi connectivity index (χ0n) is 16.0. The number of imidazole rings is 1. The number of methoxy groups -OCH3 is 1. The van der Waals surface area contributed by atoms with Crippen LogP contribution in [-0.4, -0.2) is 27.6 Å². The Morgan fingerprint density at radius 2 is 2.10 bits per heavy atom. The fraction of sp³-hybridized carbons (Fsp3) is 0.136. The van der Waals surface area contributed by atoms with E-state index in [1.54, 1.807) is 35.4 Å². The highest BCUT2D eigenvalue weighted by molar-refractivity contribution is 6.07. The summed E-state index contributed by atoms with van der Waals surface area (Å²) in [5.41, 5.74) is 4.18. The first-order valence-electron chi connectivity index (χ1n) is 9.03. The van der Waals surface area contributed by atoms with Gasteiger partial charge in [0.1, 0.15) is 11.6 Å². The van der Waals surface area contributed by atoms with Crippen molar-refractivity contribution >= 4 is 16.9 Å². The van der Waals surface area contributed by atoms with Gasteiger partial charge in [-0.25, -0.2) is 9.37 Å². The molecule has 146 valence electrons. The maximum Gasteiger partial charge on any atom is 0.253 e. The topological polar surface area (TPSA) is 69.0 Å². The van der Waals surface area contributed by atoms with Gasteiger partial charge in [0.2, 0.25) is 0 Å². The van der Waals surface area contributed by atoms with Crippen molar-refractivity contribution in [2.45, 2.75) is 6.54 Å². The Bertz CT molecular complexity index is 1190. The number of hydrogen-bond acceptors (Lipinski definition) is 4. The summed E-state index contributed by atoms with van der Waals surface area (Å²) < 4.78 is 20.7. The average Bonchev–Trinajstić information content (AvgIpc) is 3.12. The number of hydrogen-bond donors (Lipinski definition) is 1. The van der Waals surface area contributed by atoms with Crippen molar-refractivity contribution < 1.29 is 13.9 Å². The predicted octanol–water partition coefficient (Wildman–Crippen LogP) is 3.71. The summed E-state index contributed by atoms with van der Waals surface area (Å²) in [6.07, 6.45) is 5.05. The van der Waals surface area contributed by atoms with Crippen LogP contribution < -0.4 is 10.1 Å². The van der Waals surface area contributed by atoms with Crippen molar-refractivity contribution in [2.75, 3.05) is 7.11 Å². The van der Waals surface area contributed by atoms with Crippen LogP contribution in [-0.2, 0) is 13.6 Å². The maximum atomic E-state index is 13.6. The molecule has 2 aromatic carbocycles. The smallest absolute Gasteiger partial charge is 0.253 e. The predicted molar refractivity (Wildman–Crippen MR) is 108 cm³/mol. The highest BCUT2D eigenvalue weighted by Gasteiger charge is 2.18. The Hall–Kier alpha value is -3.74. The van der Waals surface area contributed by atoms with E-state index < -0.39 is 0 Å². The second-order valence-electron chi connectivity index (χ2n) is 6.64. The van der Waals surface area contributed by atoms with Gasteiger partial charge in [-0.05, 0) is 41.5 Å². The van der Waals surface area contributed by atoms with Crippen molar-refractivity contribution in [2.24, 2.45) is 7.05 Å². The highest BCUT2D eigenvalue weighted by atomic mass is 19.1. The fourth-order valence-electron chi connectivity index (χ4n) is 3.31. The van der Waals surface area contributed by atoms with E-state index in [0.29, 0.717) is 28.9 Å². The summed E-state index contributed by atoms with van der Waals surface area (Å²) >= 11 is 0. The molecule has 4 rings (SSSR count). The normalized spacial score (nSPS) is 10.9. The van der Waals surface area contributed by atoms with Crippen LogP contribution in [0.3, 0.4) is 0 Å². The Kier molecular flexibility index (Phi) is 4.95. The monoisotopic (exact) mass is 390 g/mol. The van der Waals surface area contributed by atoms with Crippen molar-refractivity contribution in [3.05, 3.63) is 78.1 Å². The standard InChI is InChI=1S/C22H19FN4O2/c1-27-13-26-19-9-15(17-6-5-16(23)10-20(17)29-2)8-18(21(19)27)22(28)25-12-14-4-3-7-24-11-14/h3-11,13H,12H2,1-2H3,(H,25,28). The number of carbonyl (C=O) groups excluding carboxylic acids is 1. The van der Waals surface area contributed by atoms with E-state index in [-0.39, 0.29) is 11.7 Å². The molecule has 0 aliphatic heterocycles. The highest BCUT2D eigenvalue weighted by Crippen LogP contribution is 2.34. The number of ether oxygens (including phenoxy) is 1. The molecule has 4 aromatic rings. The molecule has 1 N–H and O–H groups in total. The minimum atomic E-state index is -0.390. The molecule has 29 heavy (non-hydrogen) atoms. The zero-order chi connectivity index (χ0) is 20.4. The third kappa shape index (κ3) is 3.67. The Morgan fingerprint density at radius 3 is 2.86 bits per heavy atom. The van der Waals surface area contributed by atoms with Gasteiger partial charge in [-0.1, -0.05) is 6.07 Å². The molecular formula is C22H19FN4O2. The molecule has 0 radical (unpaired) electrons. The van der Waals surface area contributed by atoms with E-state index in [1.807, 2.05) is 25.2 Å². The molecule has 0 aliphatic rings. The van der Waals surface area contributed by atoms with Crippen LogP contribution in [0.4, 0.5) is 4.39 Å². The largest absolute Gasteiger partial charge is 0.496 e. The van der Waals surface area contributed by atoms with Gasteiger partial charge in [-0.2, -0.15) is 0 Å². The quantitative estimate of drug-likeness (QED) is 0.564. The molecule has 0 saturated carbocycles. The summed E-state index contributed by atoms with van der Waals surface area (Å²) in [5, 5.41) is 2.93. The molecule has 6 nitrogen and oxygen atoms in total. The van der Waals surface area contributed by atoms with Crippen LogP contribution >= 0.6 is 0 Å². The van der Waals surface area contributed by atoms with Crippen LogP contribution in [0.1, 0.15) is 15.9 Å². The van der Waals surface area contributed by atoms with E-state index in [2.05, 4.69) is 15.3 Å². The molecular weight excluding hydrogens is 371 g/mol. The number of halogens is 1. The second-order valence-corrected chi connectivity index (χ2v) is 6.64. The number of aryl methyl sites for hydroxylation is 1. The van der Waals surface area contributed by atoms with Crippen molar-refractivity contribution in [1.29, 1.82) is 0 Å². The van der Waals surface area contributed by atoms with Crippen LogP contribution in [0, 0.1) is 5.82 Å². The minimum absolute atomic E-state index is 0.231. The molecule has 0 spiro atoms. The molecule has 1 amide bonds. The summed E-state index contributed by atoms with van der Waals surface area (Å²) in [5.74, 6) is -0.230. The van der Waals surface area contributed by atoms with Gasteiger partial charge >= 0.3 is 0 Å². The molecule has 0 saturated heterocycles. The van der Waals surface area contributed by atoms with Crippen molar-refractivity contribution in [3.63, 3.8) is 0 Å². The van der Waals surface area contributed by atoms with Crippen LogP contribution in [0.2, 0.25) is 0 Å². The molecule has 2 aromatic heterocycles. The van der Waals surface area contributed by atoms with Gasteiger partial charge in [0.15, 0.2) is 0 Å². The van der Waals surface area contributed by atoms with Gasteiger partial charge in [0.05, 0.1) is 30.0 Å². The van der Waals surface area contributed by atoms with Crippen molar-refractivity contribution in [1.82, 2.24) is 19.9 Å². The number of nitrogens with one attached hydrogen (secondary N) is 1. The molecule has 0 bridgehead atoms. The van der Waals surface area contributed by atoms with Crippen LogP contribution in [0.5, 0.6) is 5.75 Å². The molecule has 0 fully saturated rings. The SMILES string of the molecule is COc1cc(F)ccc1-c1cc(C(=O)NCc2cccnc2)c2c(c1)ncn2C. The first-order valence-corrected chi connectivity index (χ1v) is 9.03. The molecule has 0 unspecified atom stereocenters. The van der Waals surface area contributed by atoms with Gasteiger partial charge < -0.3 is 14.6 Å². The third-order valence-corrected chi connectivity index (χ3v) is 4.71. The van der Waals surface area contributed by atoms with Crippen LogP contribution in [0.15, 0.2) is 61.2 Å². The number of benzene rings is 2. The molecule has 7 heteroatoms. The molecule has 2 heterocycles.